The van der Waals surface area contributed by atoms with E-state index in [0.29, 0.717) is 52.7 Å². The maximum Gasteiger partial charge on any atom is 0.511 e. The number of hydrogen-bond acceptors (Lipinski definition) is 21. The van der Waals surface area contributed by atoms with Crippen LogP contribution in [0.1, 0.15) is 31.9 Å². The molecule has 0 bridgehead atoms. The Morgan fingerprint density at radius 3 is 1.31 bits per heavy atom. The molecule has 5 heterocycles. The van der Waals surface area contributed by atoms with Crippen LogP contribution in [-0.2, 0) is 19.1 Å². The predicted molar refractivity (Wildman–Crippen MR) is 354 cm³/mol. The van der Waals surface area contributed by atoms with Gasteiger partial charge in [0.1, 0.15) is 34.0 Å². The van der Waals surface area contributed by atoms with Crippen LogP contribution in [0.3, 0.4) is 0 Å². The van der Waals surface area contributed by atoms with Crippen LogP contribution in [0, 0.1) is 57.4 Å². The molecule has 10 aromatic rings. The van der Waals surface area contributed by atoms with Gasteiger partial charge in [0.15, 0.2) is 18.9 Å². The van der Waals surface area contributed by atoms with E-state index < -0.39 is 47.4 Å². The molecule has 2 aliphatic heterocycles. The van der Waals surface area contributed by atoms with Gasteiger partial charge in [0, 0.05) is 86.8 Å². The van der Waals surface area contributed by atoms with Crippen LogP contribution in [0.5, 0.6) is 23.0 Å². The number of likely N-dealkylation sites (N-methyl/N-ethyl adjacent to an activating group) is 1. The van der Waals surface area contributed by atoms with Crippen molar-refractivity contribution in [2.24, 2.45) is 0 Å². The normalized spacial score (nSPS) is 11.9. The third-order valence-electron chi connectivity index (χ3n) is 15.2. The number of fused-ring (bicyclic) bond motifs is 8. The number of nitrogens with zero attached hydrogens (tertiary/aromatic N) is 10. The van der Waals surface area contributed by atoms with Crippen LogP contribution >= 0.6 is 0 Å². The van der Waals surface area contributed by atoms with Crippen LogP contribution in [-0.4, -0.2) is 119 Å². The van der Waals surface area contributed by atoms with Crippen LogP contribution in [0.2, 0.25) is 0 Å². The summed E-state index contributed by atoms with van der Waals surface area (Å²) in [5.74, 6) is 0.986. The molecule has 7 aromatic carbocycles. The number of esters is 2. The van der Waals surface area contributed by atoms with Gasteiger partial charge in [-0.2, -0.15) is 37.8 Å². The number of rotatable bonds is 10. The number of aryl methyl sites for hydroxylation is 2. The van der Waals surface area contributed by atoms with Gasteiger partial charge < -0.3 is 85.0 Å². The average Bonchev–Trinajstić information content (AvgIpc) is 0.765. The van der Waals surface area contributed by atoms with Gasteiger partial charge >= 0.3 is 24.2 Å². The van der Waals surface area contributed by atoms with E-state index in [1.807, 2.05) is 20.9 Å². The lowest BCUT2D eigenvalue weighted by molar-refractivity contribution is -0.591. The van der Waals surface area contributed by atoms with Crippen molar-refractivity contribution in [1.29, 1.82) is 0 Å². The average molecular weight is 1360 g/mol. The Kier molecular flexibility index (Phi) is 21.6. The number of carboxylic acid groups (broad SMARTS) is 1. The highest BCUT2D eigenvalue weighted by atomic mass is 16.7. The standard InChI is InChI=1S/C20H22N4O4.C16H14N2O7.C16H14N2O5.C13H8N2O5.C3H4/c1-13-10-17-18(11-14(13)2)24(27)19-12-15(4-5-16(19)23(17)26)28-20(25)22-8-6-21(3)7-9-22;1-2-24-13(20)8-25-16-14-11(7-12(19)15(16)21)17(22)9-5-3-4-6-10(9)18(14)23;1-2-22-16(19)10-23-11-7-8-14-15(9-11)18(21)13-6-4-3-5-12(13)17(14)20;16-13(17)20-8-5-6-11-12(7-8)15(19)10-4-2-1-3-9(10)14(11)18;1-3-2/h4-5,10-12H,6-9H2,1-3H3;3-7,22-23H,2,8H2,1H3;3-9H,2,10H2,1H3;1-7H,(H,16,17);1H,2H3. The number of hydrogen-bond donors (Lipinski definition) is 3. The van der Waals surface area contributed by atoms with Gasteiger partial charge in [-0.3, -0.25) is 9.59 Å². The number of benzene rings is 8. The first kappa shape index (κ1) is 70.1. The highest BCUT2D eigenvalue weighted by Crippen LogP contribution is 2.31. The number of amides is 1. The van der Waals surface area contributed by atoms with Crippen molar-refractivity contribution in [1.82, 2.24) is 19.3 Å². The van der Waals surface area contributed by atoms with Crippen LogP contribution in [0.25, 0.3) is 88.6 Å². The number of carbonyl (C=O) groups is 4. The van der Waals surface area contributed by atoms with Crippen molar-refractivity contribution in [3.8, 4) is 46.7 Å². The summed E-state index contributed by atoms with van der Waals surface area (Å²) in [5, 5.41) is 104. The second-order valence-electron chi connectivity index (χ2n) is 21.6. The van der Waals surface area contributed by atoms with Gasteiger partial charge in [-0.1, -0.05) is 36.4 Å². The fraction of sp³-hybridized carbons (Fsp3) is 0.206. The van der Waals surface area contributed by atoms with E-state index in [9.17, 15) is 70.4 Å². The van der Waals surface area contributed by atoms with E-state index in [1.54, 1.807) is 86.3 Å². The van der Waals surface area contributed by atoms with Crippen molar-refractivity contribution >= 4 is 101 Å². The first-order valence-corrected chi connectivity index (χ1v) is 30.1. The number of piperazine rings is 1. The fourth-order valence-electron chi connectivity index (χ4n) is 10.3. The molecule has 1 amide bonds. The number of para-hydroxylation sites is 6. The summed E-state index contributed by atoms with van der Waals surface area (Å²) in [6.07, 6.45) is 2.66. The third-order valence-corrected chi connectivity index (χ3v) is 15.2. The number of terminal acetylenes is 1. The van der Waals surface area contributed by atoms with E-state index >= 15 is 0 Å². The van der Waals surface area contributed by atoms with Crippen LogP contribution < -0.4 is 58.2 Å². The molecule has 0 unspecified atom stereocenters. The molecule has 0 saturated carbocycles. The van der Waals surface area contributed by atoms with Gasteiger partial charge in [0.2, 0.25) is 11.2 Å². The summed E-state index contributed by atoms with van der Waals surface area (Å²) in [5.41, 5.74) is 2.37. The van der Waals surface area contributed by atoms with E-state index in [-0.39, 0.29) is 114 Å². The SMILES string of the molecule is C#CC.CCOC(=O)COc1c2n(O)c3ccccc3n(O)c-2cc(=O)c1=O.CCOC(=O)COc1ccc2c(c1)[n+]([O-])c1ccccc1[n+]2[O-].Cc1cc2c(cc1C)[n+]([O-])c1cc(OC(=O)N3CCN(C)CC3)ccc1[n+]2[O-].O=C(O)Oc1ccc2c(c1)[n+]([O-])c1ccccc1[n+]2[O-]. The summed E-state index contributed by atoms with van der Waals surface area (Å²) >= 11 is 0. The summed E-state index contributed by atoms with van der Waals surface area (Å²) < 4.78 is 35.2. The molecule has 31 nitrogen and oxygen atoms in total. The quantitative estimate of drug-likeness (QED) is 0.0223. The van der Waals surface area contributed by atoms with E-state index in [2.05, 4.69) is 22.0 Å². The number of aromatic nitrogens is 8. The van der Waals surface area contributed by atoms with Crippen molar-refractivity contribution in [2.45, 2.75) is 34.6 Å². The van der Waals surface area contributed by atoms with Crippen molar-refractivity contribution in [2.75, 3.05) is 59.7 Å². The monoisotopic (exact) mass is 1350 g/mol. The lowest BCUT2D eigenvalue weighted by Crippen LogP contribution is -2.48. The summed E-state index contributed by atoms with van der Waals surface area (Å²) in [7, 11) is 2.00. The molecule has 1 aliphatic carbocycles. The Balaban J connectivity index is 0.000000153. The smallest absolute Gasteiger partial charge is 0.511 e. The predicted octanol–water partition coefficient (Wildman–Crippen LogP) is 5.47. The third kappa shape index (κ3) is 15.0. The van der Waals surface area contributed by atoms with Gasteiger partial charge in [-0.05, 0) is 83.1 Å². The second kappa shape index (κ2) is 30.4. The van der Waals surface area contributed by atoms with Crippen LogP contribution in [0.15, 0.2) is 155 Å². The van der Waals surface area contributed by atoms with E-state index in [0.717, 1.165) is 39.7 Å². The minimum Gasteiger partial charge on any atom is -0.617 e. The first-order chi connectivity index (χ1) is 47.4. The molecule has 13 rings (SSSR count). The molecule has 0 radical (unpaired) electrons. The molecular formula is C68H62N10O21. The molecule has 31 heteroatoms. The molecule has 0 atom stereocenters. The molecule has 1 saturated heterocycles. The Labute approximate surface area is 559 Å². The number of carbonyl (C=O) groups excluding carboxylic acids is 3. The van der Waals surface area contributed by atoms with Crippen molar-refractivity contribution < 1.29 is 91.5 Å². The van der Waals surface area contributed by atoms with Crippen molar-refractivity contribution in [3.05, 3.63) is 208 Å². The molecular weight excluding hydrogens is 1290 g/mol. The van der Waals surface area contributed by atoms with Gasteiger partial charge in [-0.15, -0.1) is 12.3 Å². The van der Waals surface area contributed by atoms with E-state index in [1.165, 1.54) is 78.9 Å². The lowest BCUT2D eigenvalue weighted by Gasteiger charge is -2.31. The van der Waals surface area contributed by atoms with Gasteiger partial charge in [0.05, 0.1) is 31.4 Å². The highest BCUT2D eigenvalue weighted by Gasteiger charge is 2.29. The minimum absolute atomic E-state index is 0.0233. The summed E-state index contributed by atoms with van der Waals surface area (Å²) in [6.45, 7) is 11.0. The molecule has 99 heavy (non-hydrogen) atoms. The number of ether oxygens (including phenoxy) is 6. The zero-order valence-corrected chi connectivity index (χ0v) is 53.8. The maximum atomic E-state index is 12.9. The molecule has 3 aromatic heterocycles. The van der Waals surface area contributed by atoms with Crippen LogP contribution in [0.4, 0.5) is 9.59 Å². The Morgan fingerprint density at radius 2 is 0.869 bits per heavy atom. The van der Waals surface area contributed by atoms with Gasteiger partial charge in [-0.25, -0.2) is 19.2 Å². The molecule has 1 fully saturated rings. The largest absolute Gasteiger partial charge is 0.617 e. The zero-order valence-electron chi connectivity index (χ0n) is 53.8. The topological polar surface area (TPSA) is 396 Å². The molecule has 0 spiro atoms. The molecule has 510 valence electrons. The van der Waals surface area contributed by atoms with E-state index in [4.69, 9.17) is 28.8 Å². The Hall–Kier alpha value is -13.2. The highest BCUT2D eigenvalue weighted by molar-refractivity contribution is 5.84. The Bertz CT molecular complexity index is 5270. The Morgan fingerprint density at radius 1 is 0.505 bits per heavy atom. The lowest BCUT2D eigenvalue weighted by atomic mass is 10.1. The molecule has 3 N–H and O–H groups in total. The maximum absolute atomic E-state index is 12.9. The van der Waals surface area contributed by atoms with Crippen molar-refractivity contribution in [3.63, 3.8) is 0 Å². The molecule has 3 aliphatic rings. The first-order valence-electron chi connectivity index (χ1n) is 30.1. The zero-order chi connectivity index (χ0) is 71.5. The second-order valence-corrected chi connectivity index (χ2v) is 21.6. The summed E-state index contributed by atoms with van der Waals surface area (Å²) in [4.78, 5) is 73.5. The fourth-order valence-corrected chi connectivity index (χ4v) is 10.3. The minimum atomic E-state index is -1.49. The van der Waals surface area contributed by atoms with Gasteiger partial charge in [0.25, 0.3) is 71.6 Å². The summed E-state index contributed by atoms with van der Waals surface area (Å²) in [6, 6.07) is 36.3.